The molecule has 0 bridgehead atoms. The molecule has 0 spiro atoms. The standard InChI is InChI=1S/C19H26FNO3/c1-6-24-19(22)17(20)13(4)15-10-14-8-7-9-21(12(2)3)18(14)16(11-15)23-5/h10-12H,6-9H2,1-5H3/b17-13+. The summed E-state index contributed by atoms with van der Waals surface area (Å²) in [6, 6.07) is 4.12. The SMILES string of the molecule is CCOC(=O)/C(F)=C(/C)c1cc2c(c(OC)c1)N(C(C)C)CCC2. The van der Waals surface area contributed by atoms with Gasteiger partial charge < -0.3 is 14.4 Å². The Morgan fingerprint density at radius 2 is 2.08 bits per heavy atom. The van der Waals surface area contributed by atoms with Gasteiger partial charge in [0.05, 0.1) is 19.4 Å². The molecule has 0 aliphatic carbocycles. The summed E-state index contributed by atoms with van der Waals surface area (Å²) < 4.78 is 24.6. The summed E-state index contributed by atoms with van der Waals surface area (Å²) in [6.07, 6.45) is 1.96. The van der Waals surface area contributed by atoms with Crippen LogP contribution in [0.5, 0.6) is 5.75 Å². The third-order valence-electron chi connectivity index (χ3n) is 4.35. The number of halogens is 1. The first-order valence-corrected chi connectivity index (χ1v) is 8.42. The Labute approximate surface area is 143 Å². The van der Waals surface area contributed by atoms with E-state index in [1.54, 1.807) is 27.0 Å². The molecule has 0 aromatic heterocycles. The first-order chi connectivity index (χ1) is 11.4. The fourth-order valence-corrected chi connectivity index (χ4v) is 3.10. The van der Waals surface area contributed by atoms with E-state index in [9.17, 15) is 9.18 Å². The molecule has 0 atom stereocenters. The Bertz CT molecular complexity index is 635. The molecule has 0 unspecified atom stereocenters. The second kappa shape index (κ2) is 7.69. The number of aryl methyl sites for hydroxylation is 1. The molecule has 132 valence electrons. The number of rotatable bonds is 5. The Balaban J connectivity index is 2.52. The monoisotopic (exact) mass is 335 g/mol. The summed E-state index contributed by atoms with van der Waals surface area (Å²) in [6.45, 7) is 8.67. The van der Waals surface area contributed by atoms with Crippen molar-refractivity contribution < 1.29 is 18.7 Å². The van der Waals surface area contributed by atoms with Gasteiger partial charge in [-0.05, 0) is 69.4 Å². The molecule has 1 aromatic rings. The van der Waals surface area contributed by atoms with Crippen LogP contribution in [-0.2, 0) is 16.0 Å². The van der Waals surface area contributed by atoms with Crippen LogP contribution in [0, 0.1) is 0 Å². The highest BCUT2D eigenvalue weighted by Gasteiger charge is 2.25. The molecular formula is C19H26FNO3. The lowest BCUT2D eigenvalue weighted by atomic mass is 9.94. The van der Waals surface area contributed by atoms with E-state index in [1.165, 1.54) is 0 Å². The second-order valence-electron chi connectivity index (χ2n) is 6.24. The number of anilines is 1. The number of fused-ring (bicyclic) bond motifs is 1. The second-order valence-corrected chi connectivity index (χ2v) is 6.24. The molecule has 0 saturated carbocycles. The zero-order valence-electron chi connectivity index (χ0n) is 15.1. The minimum Gasteiger partial charge on any atom is -0.495 e. The lowest BCUT2D eigenvalue weighted by Gasteiger charge is -2.36. The van der Waals surface area contributed by atoms with E-state index in [1.807, 2.05) is 6.07 Å². The third-order valence-corrected chi connectivity index (χ3v) is 4.35. The number of allylic oxidation sites excluding steroid dienone is 1. The van der Waals surface area contributed by atoms with Crippen LogP contribution in [-0.4, -0.2) is 32.3 Å². The summed E-state index contributed by atoms with van der Waals surface area (Å²) in [5.74, 6) is -1.06. The molecule has 1 heterocycles. The first-order valence-electron chi connectivity index (χ1n) is 8.42. The zero-order chi connectivity index (χ0) is 17.9. The van der Waals surface area contributed by atoms with Crippen molar-refractivity contribution in [1.29, 1.82) is 0 Å². The van der Waals surface area contributed by atoms with E-state index in [-0.39, 0.29) is 12.2 Å². The summed E-state index contributed by atoms with van der Waals surface area (Å²) >= 11 is 0. The maximum absolute atomic E-state index is 14.3. The largest absolute Gasteiger partial charge is 0.495 e. The van der Waals surface area contributed by atoms with Crippen LogP contribution in [0.25, 0.3) is 5.57 Å². The van der Waals surface area contributed by atoms with Gasteiger partial charge in [-0.2, -0.15) is 4.39 Å². The van der Waals surface area contributed by atoms with E-state index in [0.717, 1.165) is 30.6 Å². The van der Waals surface area contributed by atoms with Crippen LogP contribution in [0.1, 0.15) is 45.2 Å². The average Bonchev–Trinajstić information content (AvgIpc) is 2.58. The van der Waals surface area contributed by atoms with E-state index in [2.05, 4.69) is 18.7 Å². The number of benzene rings is 1. The Hall–Kier alpha value is -2.04. The Morgan fingerprint density at radius 3 is 2.67 bits per heavy atom. The molecule has 1 aliphatic heterocycles. The maximum Gasteiger partial charge on any atom is 0.367 e. The number of hydrogen-bond acceptors (Lipinski definition) is 4. The van der Waals surface area contributed by atoms with Gasteiger partial charge in [0.1, 0.15) is 5.75 Å². The normalized spacial score (nSPS) is 15.0. The molecule has 1 aliphatic rings. The Kier molecular flexibility index (Phi) is 5.86. The first kappa shape index (κ1) is 18.3. The van der Waals surface area contributed by atoms with Crippen molar-refractivity contribution in [2.45, 2.75) is 46.6 Å². The van der Waals surface area contributed by atoms with Gasteiger partial charge in [0.25, 0.3) is 0 Å². The van der Waals surface area contributed by atoms with Crippen LogP contribution in [0.2, 0.25) is 0 Å². The molecule has 0 fully saturated rings. The molecule has 24 heavy (non-hydrogen) atoms. The fraction of sp³-hybridized carbons (Fsp3) is 0.526. The number of nitrogens with zero attached hydrogens (tertiary/aromatic N) is 1. The Morgan fingerprint density at radius 1 is 1.38 bits per heavy atom. The predicted molar refractivity (Wildman–Crippen MR) is 94.1 cm³/mol. The van der Waals surface area contributed by atoms with Gasteiger partial charge in [0.15, 0.2) is 0 Å². The van der Waals surface area contributed by atoms with Gasteiger partial charge in [-0.25, -0.2) is 4.79 Å². The van der Waals surface area contributed by atoms with Gasteiger partial charge >= 0.3 is 5.97 Å². The van der Waals surface area contributed by atoms with Gasteiger partial charge in [-0.3, -0.25) is 0 Å². The lowest BCUT2D eigenvalue weighted by Crippen LogP contribution is -2.35. The lowest BCUT2D eigenvalue weighted by molar-refractivity contribution is -0.140. The molecule has 1 aromatic carbocycles. The number of hydrogen-bond donors (Lipinski definition) is 0. The van der Waals surface area contributed by atoms with Crippen molar-refractivity contribution in [3.05, 3.63) is 29.1 Å². The quantitative estimate of drug-likeness (QED) is 0.599. The summed E-state index contributed by atoms with van der Waals surface area (Å²) in [5.41, 5.74) is 3.13. The van der Waals surface area contributed by atoms with Crippen molar-refractivity contribution in [2.75, 3.05) is 25.2 Å². The van der Waals surface area contributed by atoms with Gasteiger partial charge in [0.2, 0.25) is 5.83 Å². The molecule has 0 radical (unpaired) electrons. The number of esters is 1. The zero-order valence-corrected chi connectivity index (χ0v) is 15.1. The van der Waals surface area contributed by atoms with Gasteiger partial charge in [-0.15, -0.1) is 0 Å². The van der Waals surface area contributed by atoms with E-state index in [4.69, 9.17) is 9.47 Å². The van der Waals surface area contributed by atoms with Crippen molar-refractivity contribution in [1.82, 2.24) is 0 Å². The minimum atomic E-state index is -0.921. The van der Waals surface area contributed by atoms with Crippen molar-refractivity contribution in [3.63, 3.8) is 0 Å². The highest BCUT2D eigenvalue weighted by atomic mass is 19.1. The van der Waals surface area contributed by atoms with Gasteiger partial charge in [-0.1, -0.05) is 0 Å². The highest BCUT2D eigenvalue weighted by Crippen LogP contribution is 2.40. The minimum absolute atomic E-state index is 0.149. The van der Waals surface area contributed by atoms with Crippen molar-refractivity contribution >= 4 is 17.2 Å². The molecule has 5 heteroatoms. The summed E-state index contributed by atoms with van der Waals surface area (Å²) in [5, 5.41) is 0. The molecule has 0 N–H and O–H groups in total. The third kappa shape index (κ3) is 3.55. The molecule has 2 rings (SSSR count). The molecule has 0 saturated heterocycles. The number of methoxy groups -OCH3 is 1. The topological polar surface area (TPSA) is 38.8 Å². The van der Waals surface area contributed by atoms with Crippen LogP contribution >= 0.6 is 0 Å². The van der Waals surface area contributed by atoms with E-state index < -0.39 is 11.8 Å². The molecule has 0 amide bonds. The fourth-order valence-electron chi connectivity index (χ4n) is 3.10. The number of ether oxygens (including phenoxy) is 2. The van der Waals surface area contributed by atoms with Crippen LogP contribution in [0.15, 0.2) is 18.0 Å². The summed E-state index contributed by atoms with van der Waals surface area (Å²) in [4.78, 5) is 14.0. The van der Waals surface area contributed by atoms with Crippen LogP contribution in [0.3, 0.4) is 0 Å². The smallest absolute Gasteiger partial charge is 0.367 e. The predicted octanol–water partition coefficient (Wildman–Crippen LogP) is 4.12. The number of carbonyl (C=O) groups is 1. The highest BCUT2D eigenvalue weighted by molar-refractivity contribution is 5.95. The van der Waals surface area contributed by atoms with Crippen molar-refractivity contribution in [2.24, 2.45) is 0 Å². The van der Waals surface area contributed by atoms with E-state index in [0.29, 0.717) is 17.4 Å². The number of carbonyl (C=O) groups excluding carboxylic acids is 1. The maximum atomic E-state index is 14.3. The van der Waals surface area contributed by atoms with Crippen LogP contribution < -0.4 is 9.64 Å². The van der Waals surface area contributed by atoms with Crippen molar-refractivity contribution in [3.8, 4) is 5.75 Å². The van der Waals surface area contributed by atoms with E-state index >= 15 is 0 Å². The van der Waals surface area contributed by atoms with Crippen LogP contribution in [0.4, 0.5) is 10.1 Å². The summed E-state index contributed by atoms with van der Waals surface area (Å²) in [7, 11) is 1.62. The average molecular weight is 335 g/mol. The molecular weight excluding hydrogens is 309 g/mol. The molecule has 4 nitrogen and oxygen atoms in total. The van der Waals surface area contributed by atoms with Gasteiger partial charge in [0, 0.05) is 12.6 Å².